The molecule has 1 N–H and O–H groups in total. The Morgan fingerprint density at radius 1 is 0.839 bits per heavy atom. The Morgan fingerprint density at radius 2 is 1.39 bits per heavy atom. The van der Waals surface area contributed by atoms with E-state index in [1.165, 1.54) is 28.2 Å². The topological polar surface area (TPSA) is 131 Å². The highest BCUT2D eigenvalue weighted by molar-refractivity contribution is 6.16. The highest BCUT2D eigenvalue weighted by atomic mass is 16.5. The number of rotatable bonds is 2. The van der Waals surface area contributed by atoms with Crippen molar-refractivity contribution in [1.82, 2.24) is 18.9 Å². The van der Waals surface area contributed by atoms with E-state index in [4.69, 9.17) is 4.74 Å². The van der Waals surface area contributed by atoms with Crippen molar-refractivity contribution in [1.29, 1.82) is 0 Å². The summed E-state index contributed by atoms with van der Waals surface area (Å²) < 4.78 is 7.80. The van der Waals surface area contributed by atoms with Crippen LogP contribution in [-0.4, -0.2) is 56.0 Å². The zero-order chi connectivity index (χ0) is 22.8. The van der Waals surface area contributed by atoms with Crippen LogP contribution in [0.25, 0.3) is 0 Å². The molecule has 1 saturated heterocycles. The first-order valence-corrected chi connectivity index (χ1v) is 9.40. The molecule has 0 bridgehead atoms. The van der Waals surface area contributed by atoms with E-state index in [1.807, 2.05) is 0 Å². The number of carbonyl (C=O) groups is 3. The van der Waals surface area contributed by atoms with Gasteiger partial charge in [0.2, 0.25) is 17.7 Å². The number of nitrogens with zero attached hydrogens (tertiary/aromatic N) is 4. The molecule has 1 aromatic heterocycles. The molecule has 2 aromatic rings. The lowest BCUT2D eigenvalue weighted by atomic mass is 9.90. The van der Waals surface area contributed by atoms with Crippen LogP contribution >= 0.6 is 0 Å². The molecule has 11 heteroatoms. The van der Waals surface area contributed by atoms with Crippen LogP contribution in [-0.2, 0) is 28.4 Å². The van der Waals surface area contributed by atoms with Gasteiger partial charge in [0, 0.05) is 28.2 Å². The van der Waals surface area contributed by atoms with Crippen molar-refractivity contribution in [2.75, 3.05) is 14.1 Å². The molecule has 0 saturated carbocycles. The number of barbiturate groups is 1. The fourth-order valence-corrected chi connectivity index (χ4v) is 4.07. The molecule has 4 amide bonds. The van der Waals surface area contributed by atoms with Crippen molar-refractivity contribution in [3.8, 4) is 5.88 Å². The quantitative estimate of drug-likeness (QED) is 0.645. The Hall–Kier alpha value is -3.73. The zero-order valence-corrected chi connectivity index (χ0v) is 17.2. The Labute approximate surface area is 175 Å². The maximum Gasteiger partial charge on any atom is 0.333 e. The Kier molecular flexibility index (Phi) is 4.58. The third-order valence-electron chi connectivity index (χ3n) is 5.87. The fraction of sp³-hybridized carbons (Fsp3) is 0.350. The number of carbonyl (C=O) groups excluding carboxylic acids is 3. The van der Waals surface area contributed by atoms with Gasteiger partial charge >= 0.3 is 11.7 Å². The smallest absolute Gasteiger partial charge is 0.333 e. The van der Waals surface area contributed by atoms with Gasteiger partial charge in [-0.2, -0.15) is 0 Å². The molecule has 1 aromatic carbocycles. The lowest BCUT2D eigenvalue weighted by molar-refractivity contribution is -0.155. The van der Waals surface area contributed by atoms with E-state index in [0.29, 0.717) is 11.1 Å². The lowest BCUT2D eigenvalue weighted by Crippen LogP contribution is -2.58. The first-order chi connectivity index (χ1) is 14.6. The first-order valence-electron chi connectivity index (χ1n) is 9.40. The van der Waals surface area contributed by atoms with Crippen molar-refractivity contribution in [2.45, 2.75) is 12.2 Å². The van der Waals surface area contributed by atoms with Crippen LogP contribution in [0.2, 0.25) is 0 Å². The van der Waals surface area contributed by atoms with Gasteiger partial charge in [-0.15, -0.1) is 0 Å². The molecule has 0 radical (unpaired) electrons. The predicted molar refractivity (Wildman–Crippen MR) is 105 cm³/mol. The van der Waals surface area contributed by atoms with Crippen molar-refractivity contribution in [3.05, 3.63) is 61.8 Å². The number of aromatic hydroxyl groups is 1. The SMILES string of the molecule is CN1C(=O)C([C@H]2O[C@H](c3c(O)n(C)c(=O)n(C)c3=O)c3ccccc32)C(=O)N(C)C1=O. The van der Waals surface area contributed by atoms with Gasteiger partial charge in [-0.1, -0.05) is 24.3 Å². The second-order valence-corrected chi connectivity index (χ2v) is 7.56. The Morgan fingerprint density at radius 3 is 1.97 bits per heavy atom. The number of amides is 4. The van der Waals surface area contributed by atoms with Crippen LogP contribution in [0.15, 0.2) is 33.9 Å². The molecule has 2 atom stereocenters. The summed E-state index contributed by atoms with van der Waals surface area (Å²) >= 11 is 0. The van der Waals surface area contributed by atoms with E-state index in [9.17, 15) is 29.1 Å². The van der Waals surface area contributed by atoms with Crippen LogP contribution in [0.5, 0.6) is 5.88 Å². The number of fused-ring (bicyclic) bond motifs is 1. The van der Waals surface area contributed by atoms with Crippen molar-refractivity contribution in [3.63, 3.8) is 0 Å². The van der Waals surface area contributed by atoms with Crippen LogP contribution in [0.4, 0.5) is 4.79 Å². The molecular formula is C20H20N4O7. The number of aromatic nitrogens is 2. The van der Waals surface area contributed by atoms with Gasteiger partial charge in [-0.05, 0) is 11.1 Å². The summed E-state index contributed by atoms with van der Waals surface area (Å²) in [4.78, 5) is 64.4. The molecule has 0 unspecified atom stereocenters. The normalized spacial score (nSPS) is 21.7. The molecule has 11 nitrogen and oxygen atoms in total. The van der Waals surface area contributed by atoms with Gasteiger partial charge in [0.05, 0.1) is 0 Å². The number of benzene rings is 1. The van der Waals surface area contributed by atoms with E-state index in [2.05, 4.69) is 0 Å². The zero-order valence-electron chi connectivity index (χ0n) is 17.2. The van der Waals surface area contributed by atoms with Crippen molar-refractivity contribution >= 4 is 17.8 Å². The van der Waals surface area contributed by atoms with Gasteiger partial charge in [0.1, 0.15) is 23.7 Å². The summed E-state index contributed by atoms with van der Waals surface area (Å²) in [6, 6.07) is 5.93. The van der Waals surface area contributed by atoms with Crippen LogP contribution in [0.1, 0.15) is 28.9 Å². The van der Waals surface area contributed by atoms with E-state index >= 15 is 0 Å². The molecule has 2 aliphatic heterocycles. The second-order valence-electron chi connectivity index (χ2n) is 7.56. The fourth-order valence-electron chi connectivity index (χ4n) is 4.07. The van der Waals surface area contributed by atoms with Crippen molar-refractivity contribution < 1.29 is 24.2 Å². The first kappa shape index (κ1) is 20.5. The number of urea groups is 1. The standard InChI is InChI=1S/C20H20N4O7/c1-21-15(25)11(16(26)22(2)19(21)29)13-9-7-5-6-8-10(9)14(31-13)12-17(27)23(3)20(30)24(4)18(12)28/h5-8,11,13-14,27H,1-4H3/t13-,14-/m0/s1. The van der Waals surface area contributed by atoms with Gasteiger partial charge < -0.3 is 9.84 Å². The minimum Gasteiger partial charge on any atom is -0.494 e. The van der Waals surface area contributed by atoms with Crippen LogP contribution < -0.4 is 11.2 Å². The Balaban J connectivity index is 1.88. The van der Waals surface area contributed by atoms with Crippen LogP contribution in [0, 0.1) is 5.92 Å². The van der Waals surface area contributed by atoms with E-state index in [0.717, 1.165) is 18.9 Å². The van der Waals surface area contributed by atoms with Gasteiger partial charge in [0.15, 0.2) is 0 Å². The minimum absolute atomic E-state index is 0.187. The lowest BCUT2D eigenvalue weighted by Gasteiger charge is -2.35. The molecule has 3 heterocycles. The molecule has 1 fully saturated rings. The second kappa shape index (κ2) is 6.91. The van der Waals surface area contributed by atoms with Gasteiger partial charge in [-0.3, -0.25) is 33.3 Å². The average Bonchev–Trinajstić information content (AvgIpc) is 3.13. The molecule has 0 spiro atoms. The number of hydrogen-bond acceptors (Lipinski definition) is 7. The maximum absolute atomic E-state index is 12.8. The van der Waals surface area contributed by atoms with Gasteiger partial charge in [0.25, 0.3) is 5.56 Å². The number of imide groups is 2. The molecule has 31 heavy (non-hydrogen) atoms. The minimum atomic E-state index is -1.35. The molecule has 2 aliphatic rings. The van der Waals surface area contributed by atoms with E-state index in [1.54, 1.807) is 24.3 Å². The maximum atomic E-state index is 12.8. The molecular weight excluding hydrogens is 408 g/mol. The van der Waals surface area contributed by atoms with Crippen LogP contribution in [0.3, 0.4) is 0 Å². The number of ether oxygens (including phenoxy) is 1. The average molecular weight is 428 g/mol. The summed E-state index contributed by atoms with van der Waals surface area (Å²) in [6.07, 6.45) is -2.22. The predicted octanol–water partition coefficient (Wildman–Crippen LogP) is -0.383. The monoisotopic (exact) mass is 428 g/mol. The van der Waals surface area contributed by atoms with E-state index in [-0.39, 0.29) is 5.56 Å². The third-order valence-corrected chi connectivity index (χ3v) is 5.87. The molecule has 162 valence electrons. The number of hydrogen-bond donors (Lipinski definition) is 1. The summed E-state index contributed by atoms with van der Waals surface area (Å²) in [5.41, 5.74) is -0.708. The largest absolute Gasteiger partial charge is 0.494 e. The highest BCUT2D eigenvalue weighted by Crippen LogP contribution is 2.47. The molecule has 0 aliphatic carbocycles. The van der Waals surface area contributed by atoms with Crippen molar-refractivity contribution in [2.24, 2.45) is 20.0 Å². The summed E-state index contributed by atoms with van der Waals surface area (Å²) in [5, 5.41) is 10.6. The summed E-state index contributed by atoms with van der Waals surface area (Å²) in [7, 11) is 5.12. The summed E-state index contributed by atoms with van der Waals surface area (Å²) in [5.74, 6) is -3.38. The van der Waals surface area contributed by atoms with Gasteiger partial charge in [-0.25, -0.2) is 9.59 Å². The Bertz CT molecular complexity index is 1240. The van der Waals surface area contributed by atoms with E-state index < -0.39 is 53.1 Å². The highest BCUT2D eigenvalue weighted by Gasteiger charge is 2.51. The third kappa shape index (κ3) is 2.73. The molecule has 4 rings (SSSR count). The summed E-state index contributed by atoms with van der Waals surface area (Å²) in [6.45, 7) is 0.